The van der Waals surface area contributed by atoms with Gasteiger partial charge in [-0.05, 0) is 59.7 Å². The molecule has 2 heterocycles. The van der Waals surface area contributed by atoms with Gasteiger partial charge in [0, 0.05) is 40.7 Å². The highest BCUT2D eigenvalue weighted by Gasteiger charge is 2.13. The van der Waals surface area contributed by atoms with Crippen LogP contribution in [0.4, 0.5) is 0 Å². The van der Waals surface area contributed by atoms with Gasteiger partial charge in [0.25, 0.3) is 0 Å². The molecule has 2 nitrogen and oxygen atoms in total. The van der Waals surface area contributed by atoms with Crippen molar-refractivity contribution in [2.24, 2.45) is 0 Å². The summed E-state index contributed by atoms with van der Waals surface area (Å²) in [6.07, 6.45) is 0.0370. The van der Waals surface area contributed by atoms with Crippen LogP contribution in [0, 0.1) is 0 Å². The van der Waals surface area contributed by atoms with Crippen LogP contribution in [0.15, 0.2) is 157 Å². The highest BCUT2D eigenvalue weighted by atomic mass is 31.0. The summed E-state index contributed by atoms with van der Waals surface area (Å²) in [4.78, 5) is 0. The third-order valence-corrected chi connectivity index (χ3v) is 9.37. The first-order valence-corrected chi connectivity index (χ1v) is 15.9. The van der Waals surface area contributed by atoms with Crippen LogP contribution in [-0.4, -0.2) is 23.2 Å². The van der Waals surface area contributed by atoms with E-state index in [1.54, 1.807) is 0 Å². The Morgan fingerprint density at radius 2 is 0.727 bits per heavy atom. The number of fused-ring (bicyclic) bond motifs is 6. The van der Waals surface area contributed by atoms with Gasteiger partial charge < -0.3 is 9.13 Å². The smallest absolute Gasteiger partial charge is 0.147 e. The van der Waals surface area contributed by atoms with E-state index in [2.05, 4.69) is 180 Å². The lowest BCUT2D eigenvalue weighted by Crippen LogP contribution is -1.99. The number of para-hydroxylation sites is 4. The summed E-state index contributed by atoms with van der Waals surface area (Å²) >= 11 is 0. The molecule has 0 aliphatic rings. The SMILES string of the molecule is [B]B(P)C(=C)P.c1ccc2c(c1)c1ccccc1n2-c1ccc(-c2ccc(-n3c4ccccc4c4ccccc43)cc2)cc1. The zero-order valence-corrected chi connectivity index (χ0v) is 26.6. The first kappa shape index (κ1) is 28.4. The third-order valence-electron chi connectivity index (χ3n) is 8.17. The van der Waals surface area contributed by atoms with Gasteiger partial charge in [0.15, 0.2) is 0 Å². The maximum atomic E-state index is 5.28. The van der Waals surface area contributed by atoms with Crippen LogP contribution < -0.4 is 0 Å². The maximum absolute atomic E-state index is 5.28. The molecule has 0 saturated carbocycles. The molecule has 0 aliphatic carbocycles. The Bertz CT molecular complexity index is 2020. The molecule has 2 aromatic heterocycles. The Hall–Kier alpha value is -4.35. The standard InChI is InChI=1S/C36H24N2.C2H6B2P2/c1-5-13-33-29(9-1)30-10-2-6-14-34(30)37(33)27-21-17-25(18-22-27)26-19-23-28(24-20-26)38-35-15-7-3-11-31(35)32-12-4-8-16-36(32)38;1-2(5)4(3)6/h1-24H;1,5-6H2. The normalized spacial score (nSPS) is 11.1. The molecule has 8 aromatic rings. The van der Waals surface area contributed by atoms with Gasteiger partial charge in [-0.25, -0.2) is 0 Å². The van der Waals surface area contributed by atoms with E-state index in [1.165, 1.54) is 66.1 Å². The van der Waals surface area contributed by atoms with E-state index in [9.17, 15) is 0 Å². The lowest BCUT2D eigenvalue weighted by atomic mass is 9.53. The van der Waals surface area contributed by atoms with Crippen molar-refractivity contribution < 1.29 is 0 Å². The van der Waals surface area contributed by atoms with Gasteiger partial charge in [0.05, 0.1) is 22.1 Å². The fourth-order valence-electron chi connectivity index (χ4n) is 6.01. The molecule has 44 heavy (non-hydrogen) atoms. The van der Waals surface area contributed by atoms with E-state index >= 15 is 0 Å². The monoisotopic (exact) mass is 598 g/mol. The molecule has 0 aliphatic heterocycles. The third kappa shape index (κ3) is 5.09. The zero-order valence-electron chi connectivity index (χ0n) is 24.3. The molecule has 6 heteroatoms. The Morgan fingerprint density at radius 3 is 0.977 bits per heavy atom. The van der Waals surface area contributed by atoms with Crippen LogP contribution in [0.1, 0.15) is 0 Å². The molecule has 0 N–H and O–H groups in total. The van der Waals surface area contributed by atoms with E-state index in [-0.39, 0.29) is 6.32 Å². The van der Waals surface area contributed by atoms with E-state index in [4.69, 9.17) is 7.74 Å². The molecule has 208 valence electrons. The largest absolute Gasteiger partial charge is 0.309 e. The molecular weight excluding hydrogens is 568 g/mol. The molecule has 6 aromatic carbocycles. The predicted octanol–water partition coefficient (Wildman–Crippen LogP) is 9.99. The molecule has 2 unspecified atom stereocenters. The number of nitrogens with zero attached hydrogens (tertiary/aromatic N) is 2. The van der Waals surface area contributed by atoms with E-state index in [0.29, 0.717) is 0 Å². The van der Waals surface area contributed by atoms with Crippen molar-refractivity contribution in [3.63, 3.8) is 0 Å². The molecular formula is C38H30B2N2P2. The Balaban J connectivity index is 0.000000477. The highest BCUT2D eigenvalue weighted by molar-refractivity contribution is 7.77. The lowest BCUT2D eigenvalue weighted by molar-refractivity contribution is 1.18. The van der Waals surface area contributed by atoms with Crippen LogP contribution in [0.3, 0.4) is 0 Å². The van der Waals surface area contributed by atoms with Gasteiger partial charge in [0.1, 0.15) is 6.32 Å². The van der Waals surface area contributed by atoms with Crippen molar-refractivity contribution in [1.29, 1.82) is 0 Å². The van der Waals surface area contributed by atoms with Crippen molar-refractivity contribution >= 4 is 76.0 Å². The second-order valence-electron chi connectivity index (χ2n) is 10.9. The second kappa shape index (κ2) is 12.0. The van der Waals surface area contributed by atoms with Gasteiger partial charge in [-0.2, -0.15) is 9.12 Å². The van der Waals surface area contributed by atoms with E-state index in [1.807, 2.05) is 0 Å². The fraction of sp³-hybridized carbons (Fsp3) is 0. The van der Waals surface area contributed by atoms with Gasteiger partial charge in [-0.1, -0.05) is 102 Å². The summed E-state index contributed by atoms with van der Waals surface area (Å²) in [5.74, 6) is 0. The fourth-order valence-corrected chi connectivity index (χ4v) is 6.01. The minimum Gasteiger partial charge on any atom is -0.309 e. The predicted molar refractivity (Wildman–Crippen MR) is 201 cm³/mol. The first-order valence-electron chi connectivity index (χ1n) is 14.6. The molecule has 2 atom stereocenters. The van der Waals surface area contributed by atoms with Gasteiger partial charge >= 0.3 is 0 Å². The van der Waals surface area contributed by atoms with E-state index in [0.717, 1.165) is 5.21 Å². The van der Waals surface area contributed by atoms with Gasteiger partial charge in [-0.15, -0.1) is 15.8 Å². The summed E-state index contributed by atoms with van der Waals surface area (Å²) in [6, 6.07) is 52.4. The number of benzene rings is 6. The van der Waals surface area contributed by atoms with Crippen LogP contribution in [0.25, 0.3) is 66.1 Å². The molecule has 0 fully saturated rings. The van der Waals surface area contributed by atoms with Crippen LogP contribution >= 0.6 is 18.4 Å². The zero-order chi connectivity index (χ0) is 30.2. The average molecular weight is 598 g/mol. The van der Waals surface area contributed by atoms with Crippen molar-refractivity contribution in [1.82, 2.24) is 9.13 Å². The quantitative estimate of drug-likeness (QED) is 0.141. The van der Waals surface area contributed by atoms with Gasteiger partial charge in [0.2, 0.25) is 0 Å². The maximum Gasteiger partial charge on any atom is 0.147 e. The van der Waals surface area contributed by atoms with Crippen LogP contribution in [0.5, 0.6) is 0 Å². The summed E-state index contributed by atoms with van der Waals surface area (Å²) in [6.45, 7) is 3.57. The van der Waals surface area contributed by atoms with Crippen LogP contribution in [-0.2, 0) is 0 Å². The molecule has 8 rings (SSSR count). The minimum absolute atomic E-state index is 0.0370. The topological polar surface area (TPSA) is 9.86 Å². The molecule has 0 saturated heterocycles. The van der Waals surface area contributed by atoms with Crippen LogP contribution in [0.2, 0.25) is 0 Å². The highest BCUT2D eigenvalue weighted by Crippen LogP contribution is 2.34. The number of aromatic nitrogens is 2. The number of rotatable bonds is 4. The Kier molecular flexibility index (Phi) is 7.73. The first-order chi connectivity index (χ1) is 21.5. The molecule has 2 radical (unpaired) electrons. The number of hydrogen-bond donors (Lipinski definition) is 0. The minimum atomic E-state index is 0.0370. The molecule has 0 amide bonds. The Morgan fingerprint density at radius 1 is 0.477 bits per heavy atom. The van der Waals surface area contributed by atoms with Crippen molar-refractivity contribution in [3.8, 4) is 22.5 Å². The van der Waals surface area contributed by atoms with E-state index < -0.39 is 0 Å². The van der Waals surface area contributed by atoms with Crippen molar-refractivity contribution in [2.45, 2.75) is 0 Å². The number of hydrogen-bond acceptors (Lipinski definition) is 0. The molecule has 0 spiro atoms. The summed E-state index contributed by atoms with van der Waals surface area (Å²) < 4.78 is 4.72. The van der Waals surface area contributed by atoms with Crippen molar-refractivity contribution in [2.75, 3.05) is 0 Å². The summed E-state index contributed by atoms with van der Waals surface area (Å²) in [7, 11) is 10.1. The van der Waals surface area contributed by atoms with Gasteiger partial charge in [-0.3, -0.25) is 0 Å². The lowest BCUT2D eigenvalue weighted by Gasteiger charge is -2.11. The molecule has 0 bridgehead atoms. The summed E-state index contributed by atoms with van der Waals surface area (Å²) in [5.41, 5.74) is 9.70. The Labute approximate surface area is 264 Å². The second-order valence-corrected chi connectivity index (χ2v) is 12.4. The van der Waals surface area contributed by atoms with Crippen molar-refractivity contribution in [3.05, 3.63) is 157 Å². The summed E-state index contributed by atoms with van der Waals surface area (Å²) in [5, 5.41) is 6.06. The average Bonchev–Trinajstić information content (AvgIpc) is 3.58.